The minimum Gasteiger partial charge on any atom is -0.288 e. The van der Waals surface area contributed by atoms with Crippen LogP contribution in [0.5, 0.6) is 0 Å². The second-order valence-electron chi connectivity index (χ2n) is 4.63. The fraction of sp³-hybridized carbons (Fsp3) is 0.500. The molecule has 1 aromatic rings. The number of likely N-dealkylation sites (N-methyl/N-ethyl adjacent to an activating group) is 1. The Morgan fingerprint density at radius 3 is 2.83 bits per heavy atom. The van der Waals surface area contributed by atoms with Gasteiger partial charge in [-0.2, -0.15) is 0 Å². The Bertz CT molecular complexity index is 394. The van der Waals surface area contributed by atoms with E-state index in [2.05, 4.69) is 17.0 Å². The lowest BCUT2D eigenvalue weighted by Crippen LogP contribution is -2.43. The summed E-state index contributed by atoms with van der Waals surface area (Å²) in [5.41, 5.74) is 1.25. The molecule has 0 spiro atoms. The first-order chi connectivity index (χ1) is 8.72. The predicted octanol–water partition coefficient (Wildman–Crippen LogP) is 1.67. The Morgan fingerprint density at radius 1 is 1.44 bits per heavy atom. The largest absolute Gasteiger partial charge is 0.288 e. The van der Waals surface area contributed by atoms with Crippen LogP contribution < -0.4 is 0 Å². The van der Waals surface area contributed by atoms with Crippen molar-refractivity contribution in [3.8, 4) is 0 Å². The number of carbonyl (C=O) groups is 1. The molecule has 0 N–H and O–H groups in total. The van der Waals surface area contributed by atoms with Gasteiger partial charge in [0, 0.05) is 13.6 Å². The summed E-state index contributed by atoms with van der Waals surface area (Å²) in [6.07, 6.45) is 1.99. The molecule has 1 aromatic carbocycles. The molecular formula is C14H20N2O2. The molecule has 1 saturated heterocycles. The summed E-state index contributed by atoms with van der Waals surface area (Å²) in [6.45, 7) is 1.80. The molecule has 1 fully saturated rings. The van der Waals surface area contributed by atoms with Crippen LogP contribution in [0.2, 0.25) is 0 Å². The number of hydrogen-bond acceptors (Lipinski definition) is 3. The maximum absolute atomic E-state index is 12.1. The summed E-state index contributed by atoms with van der Waals surface area (Å²) in [4.78, 5) is 19.3. The zero-order chi connectivity index (χ0) is 13.0. The average molecular weight is 248 g/mol. The van der Waals surface area contributed by atoms with E-state index in [4.69, 9.17) is 4.84 Å². The van der Waals surface area contributed by atoms with Crippen molar-refractivity contribution in [1.29, 1.82) is 0 Å². The lowest BCUT2D eigenvalue weighted by molar-refractivity contribution is -0.173. The predicted molar refractivity (Wildman–Crippen MR) is 69.7 cm³/mol. The molecule has 0 unspecified atom stereocenters. The van der Waals surface area contributed by atoms with E-state index in [1.807, 2.05) is 18.2 Å². The monoisotopic (exact) mass is 248 g/mol. The molecule has 98 valence electrons. The van der Waals surface area contributed by atoms with Gasteiger partial charge in [0.25, 0.3) is 5.91 Å². The number of likely N-dealkylation sites (tertiary alicyclic amines) is 1. The van der Waals surface area contributed by atoms with Crippen molar-refractivity contribution in [3.05, 3.63) is 35.9 Å². The highest BCUT2D eigenvalue weighted by molar-refractivity contribution is 5.81. The van der Waals surface area contributed by atoms with Gasteiger partial charge in [-0.3, -0.25) is 14.5 Å². The van der Waals surface area contributed by atoms with E-state index in [0.717, 1.165) is 25.9 Å². The normalized spacial score (nSPS) is 20.0. The summed E-state index contributed by atoms with van der Waals surface area (Å²) in [5, 5.41) is 1.33. The van der Waals surface area contributed by atoms with E-state index in [9.17, 15) is 4.79 Å². The first kappa shape index (κ1) is 13.1. The van der Waals surface area contributed by atoms with Crippen LogP contribution in [0.3, 0.4) is 0 Å². The van der Waals surface area contributed by atoms with Gasteiger partial charge < -0.3 is 0 Å². The minimum atomic E-state index is -0.0462. The van der Waals surface area contributed by atoms with Gasteiger partial charge in [-0.25, -0.2) is 5.06 Å². The molecule has 1 aliphatic heterocycles. The molecule has 0 aliphatic carbocycles. The van der Waals surface area contributed by atoms with Crippen molar-refractivity contribution >= 4 is 5.91 Å². The van der Waals surface area contributed by atoms with Gasteiger partial charge in [-0.05, 0) is 24.9 Å². The first-order valence-electron chi connectivity index (χ1n) is 6.32. The summed E-state index contributed by atoms with van der Waals surface area (Å²) >= 11 is 0. The van der Waals surface area contributed by atoms with Gasteiger partial charge in [0.2, 0.25) is 0 Å². The lowest BCUT2D eigenvalue weighted by atomic mass is 10.1. The molecule has 18 heavy (non-hydrogen) atoms. The zero-order valence-electron chi connectivity index (χ0n) is 11.0. The molecule has 0 radical (unpaired) electrons. The van der Waals surface area contributed by atoms with Crippen LogP contribution >= 0.6 is 0 Å². The number of amides is 1. The molecule has 4 nitrogen and oxygen atoms in total. The highest BCUT2D eigenvalue weighted by Crippen LogP contribution is 2.21. The molecular weight excluding hydrogens is 228 g/mol. The van der Waals surface area contributed by atoms with Gasteiger partial charge in [0.05, 0.1) is 13.2 Å². The number of nitrogens with zero attached hydrogens (tertiary/aromatic N) is 2. The third-order valence-electron chi connectivity index (χ3n) is 3.46. The van der Waals surface area contributed by atoms with Crippen molar-refractivity contribution in [1.82, 2.24) is 9.96 Å². The van der Waals surface area contributed by atoms with Crippen LogP contribution in [-0.2, 0) is 16.2 Å². The molecule has 2 rings (SSSR count). The van der Waals surface area contributed by atoms with Gasteiger partial charge >= 0.3 is 0 Å². The van der Waals surface area contributed by atoms with Gasteiger partial charge in [-0.1, -0.05) is 30.3 Å². The van der Waals surface area contributed by atoms with Crippen LogP contribution in [-0.4, -0.2) is 42.6 Å². The van der Waals surface area contributed by atoms with Crippen LogP contribution in [0.1, 0.15) is 18.4 Å². The van der Waals surface area contributed by atoms with Crippen LogP contribution in [0.25, 0.3) is 0 Å². The van der Waals surface area contributed by atoms with E-state index in [-0.39, 0.29) is 11.9 Å². The Labute approximate surface area is 108 Å². The van der Waals surface area contributed by atoms with Crippen molar-refractivity contribution < 1.29 is 9.63 Å². The van der Waals surface area contributed by atoms with Crippen LogP contribution in [0.15, 0.2) is 30.3 Å². The van der Waals surface area contributed by atoms with E-state index < -0.39 is 0 Å². The number of hydroxylamine groups is 2. The number of benzene rings is 1. The first-order valence-corrected chi connectivity index (χ1v) is 6.32. The molecule has 1 amide bonds. The van der Waals surface area contributed by atoms with Crippen molar-refractivity contribution in [3.63, 3.8) is 0 Å². The average Bonchev–Trinajstić information content (AvgIpc) is 2.86. The lowest BCUT2D eigenvalue weighted by Gasteiger charge is -2.26. The summed E-state index contributed by atoms with van der Waals surface area (Å²) < 4.78 is 0. The second kappa shape index (κ2) is 5.98. The zero-order valence-corrected chi connectivity index (χ0v) is 11.0. The topological polar surface area (TPSA) is 32.8 Å². The van der Waals surface area contributed by atoms with Crippen molar-refractivity contribution in [2.24, 2.45) is 0 Å². The standard InChI is InChI=1S/C14H20N2O2/c1-15(18-2)14(17)13-9-6-10-16(13)11-12-7-4-3-5-8-12/h3-5,7-8,13H,6,9-11H2,1-2H3/t13-/m1/s1. The van der Waals surface area contributed by atoms with Crippen molar-refractivity contribution in [2.45, 2.75) is 25.4 Å². The highest BCUT2D eigenvalue weighted by Gasteiger charge is 2.32. The molecule has 0 saturated carbocycles. The molecule has 1 heterocycles. The Morgan fingerprint density at radius 2 is 2.17 bits per heavy atom. The third-order valence-corrected chi connectivity index (χ3v) is 3.46. The number of carbonyl (C=O) groups excluding carboxylic acids is 1. The third kappa shape index (κ3) is 2.89. The van der Waals surface area contributed by atoms with Crippen LogP contribution in [0.4, 0.5) is 0 Å². The van der Waals surface area contributed by atoms with Gasteiger partial charge in [-0.15, -0.1) is 0 Å². The maximum atomic E-state index is 12.1. The Balaban J connectivity index is 2.02. The fourth-order valence-electron chi connectivity index (χ4n) is 2.41. The number of hydrogen-bond donors (Lipinski definition) is 0. The Hall–Kier alpha value is -1.39. The van der Waals surface area contributed by atoms with E-state index in [1.54, 1.807) is 7.05 Å². The molecule has 4 heteroatoms. The molecule has 0 aromatic heterocycles. The molecule has 1 atom stereocenters. The Kier molecular flexibility index (Phi) is 4.33. The summed E-state index contributed by atoms with van der Waals surface area (Å²) in [7, 11) is 3.19. The molecule has 0 bridgehead atoms. The smallest absolute Gasteiger partial charge is 0.263 e. The quantitative estimate of drug-likeness (QED) is 0.760. The highest BCUT2D eigenvalue weighted by atomic mass is 16.7. The SMILES string of the molecule is CON(C)C(=O)[C@H]1CCCN1Cc1ccccc1. The number of rotatable bonds is 4. The summed E-state index contributed by atoms with van der Waals surface area (Å²) in [6, 6.07) is 10.2. The maximum Gasteiger partial charge on any atom is 0.263 e. The van der Waals surface area contributed by atoms with E-state index in [1.165, 1.54) is 17.7 Å². The summed E-state index contributed by atoms with van der Waals surface area (Å²) in [5.74, 6) is 0.0472. The van der Waals surface area contributed by atoms with Gasteiger partial charge in [0.15, 0.2) is 0 Å². The molecule has 1 aliphatic rings. The van der Waals surface area contributed by atoms with E-state index >= 15 is 0 Å². The second-order valence-corrected chi connectivity index (χ2v) is 4.63. The van der Waals surface area contributed by atoms with Crippen molar-refractivity contribution in [2.75, 3.05) is 20.7 Å². The van der Waals surface area contributed by atoms with Crippen LogP contribution in [0, 0.1) is 0 Å². The van der Waals surface area contributed by atoms with Gasteiger partial charge in [0.1, 0.15) is 0 Å². The minimum absolute atomic E-state index is 0.0462. The fourth-order valence-corrected chi connectivity index (χ4v) is 2.41. The van der Waals surface area contributed by atoms with E-state index in [0.29, 0.717) is 0 Å².